The average Bonchev–Trinajstić information content (AvgIpc) is 2.49. The second-order valence-electron chi connectivity index (χ2n) is 5.59. The van der Waals surface area contributed by atoms with E-state index in [9.17, 15) is 0 Å². The van der Waals surface area contributed by atoms with Crippen molar-refractivity contribution in [2.24, 2.45) is 10.8 Å². The molecule has 0 aliphatic heterocycles. The summed E-state index contributed by atoms with van der Waals surface area (Å²) in [5, 5.41) is 0.881. The van der Waals surface area contributed by atoms with E-state index in [1.807, 2.05) is 0 Å². The third-order valence-electron chi connectivity index (χ3n) is 5.05. The maximum atomic E-state index is 6.56. The van der Waals surface area contributed by atoms with Gasteiger partial charge < -0.3 is 0 Å². The van der Waals surface area contributed by atoms with E-state index in [4.69, 9.17) is 23.2 Å². The fourth-order valence-electron chi connectivity index (χ4n) is 4.34. The predicted octanol–water partition coefficient (Wildman–Crippen LogP) is 4.34. The Kier molecular flexibility index (Phi) is 2.13. The Bertz CT molecular complexity index is 229. The van der Waals surface area contributed by atoms with Gasteiger partial charge in [-0.05, 0) is 36.5 Å². The summed E-state index contributed by atoms with van der Waals surface area (Å²) in [6, 6.07) is 0. The maximum absolute atomic E-state index is 6.56. The Hall–Kier alpha value is 0.580. The van der Waals surface area contributed by atoms with Crippen molar-refractivity contribution < 1.29 is 0 Å². The van der Waals surface area contributed by atoms with E-state index in [0.29, 0.717) is 21.6 Å². The van der Waals surface area contributed by atoms with Crippen LogP contribution in [0.5, 0.6) is 0 Å². The largest absolute Gasteiger partial charge is 0.123 e. The third kappa shape index (κ3) is 1.02. The normalized spacial score (nSPS) is 57.0. The molecule has 3 rings (SSSR count). The first-order valence-electron chi connectivity index (χ1n) is 5.99. The number of hydrogen-bond acceptors (Lipinski definition) is 0. The van der Waals surface area contributed by atoms with Crippen LogP contribution in [0.3, 0.4) is 0 Å². The molecule has 0 aromatic carbocycles. The highest BCUT2D eigenvalue weighted by atomic mass is 35.5. The Morgan fingerprint density at radius 2 is 1.29 bits per heavy atom. The van der Waals surface area contributed by atoms with Crippen molar-refractivity contribution in [1.82, 2.24) is 0 Å². The summed E-state index contributed by atoms with van der Waals surface area (Å²) < 4.78 is 0. The number of alkyl halides is 2. The van der Waals surface area contributed by atoms with Crippen LogP contribution in [0.25, 0.3) is 0 Å². The summed E-state index contributed by atoms with van der Waals surface area (Å²) in [6.45, 7) is 0. The molecule has 4 atom stereocenters. The van der Waals surface area contributed by atoms with Crippen molar-refractivity contribution in [3.05, 3.63) is 0 Å². The second-order valence-corrected chi connectivity index (χ2v) is 6.65. The van der Waals surface area contributed by atoms with Gasteiger partial charge in [-0.1, -0.05) is 25.7 Å². The van der Waals surface area contributed by atoms with Gasteiger partial charge in [0, 0.05) is 10.8 Å². The van der Waals surface area contributed by atoms with E-state index in [-0.39, 0.29) is 0 Å². The fraction of sp³-hybridized carbons (Fsp3) is 1.00. The summed E-state index contributed by atoms with van der Waals surface area (Å²) >= 11 is 12.9. The minimum atomic E-state index is 0.420. The lowest BCUT2D eigenvalue weighted by atomic mass is 9.84. The molecule has 3 aliphatic carbocycles. The molecule has 0 spiro atoms. The zero-order valence-electron chi connectivity index (χ0n) is 8.57. The Morgan fingerprint density at radius 3 is 1.79 bits per heavy atom. The first-order chi connectivity index (χ1) is 6.71. The van der Waals surface area contributed by atoms with Gasteiger partial charge in [0.1, 0.15) is 0 Å². The fourth-order valence-corrected chi connectivity index (χ4v) is 5.66. The van der Waals surface area contributed by atoms with Crippen molar-refractivity contribution in [3.8, 4) is 0 Å². The summed E-state index contributed by atoms with van der Waals surface area (Å²) in [6.07, 6.45) is 10.7. The second kappa shape index (κ2) is 3.04. The van der Waals surface area contributed by atoms with Gasteiger partial charge in [0.15, 0.2) is 0 Å². The van der Waals surface area contributed by atoms with Gasteiger partial charge in [-0.15, -0.1) is 23.2 Å². The summed E-state index contributed by atoms with van der Waals surface area (Å²) in [7, 11) is 0. The topological polar surface area (TPSA) is 0 Å². The lowest BCUT2D eigenvalue weighted by Gasteiger charge is -2.20. The molecule has 3 saturated carbocycles. The molecule has 0 nitrogen and oxygen atoms in total. The molecule has 0 aromatic heterocycles. The van der Waals surface area contributed by atoms with E-state index in [0.717, 1.165) is 0 Å². The highest BCUT2D eigenvalue weighted by Gasteiger charge is 2.77. The molecule has 2 heteroatoms. The molecule has 0 aromatic rings. The van der Waals surface area contributed by atoms with Crippen molar-refractivity contribution in [2.45, 2.75) is 62.1 Å². The number of halogens is 2. The zero-order chi connectivity index (χ0) is 9.81. The molecular weight excluding hydrogens is 215 g/mol. The molecular formula is C12H18Cl2. The minimum Gasteiger partial charge on any atom is -0.123 e. The molecule has 3 aliphatic rings. The third-order valence-corrected chi connectivity index (χ3v) is 6.19. The van der Waals surface area contributed by atoms with Gasteiger partial charge in [0.05, 0.1) is 0 Å². The van der Waals surface area contributed by atoms with E-state index < -0.39 is 0 Å². The first kappa shape index (κ1) is 9.78. The molecule has 0 N–H and O–H groups in total. The van der Waals surface area contributed by atoms with Crippen LogP contribution in [0.15, 0.2) is 0 Å². The highest BCUT2D eigenvalue weighted by molar-refractivity contribution is 6.26. The highest BCUT2D eigenvalue weighted by Crippen LogP contribution is 2.80. The van der Waals surface area contributed by atoms with E-state index in [2.05, 4.69) is 0 Å². The van der Waals surface area contributed by atoms with Crippen molar-refractivity contribution in [3.63, 3.8) is 0 Å². The molecule has 0 heterocycles. The molecule has 0 bridgehead atoms. The molecule has 0 saturated heterocycles. The van der Waals surface area contributed by atoms with Crippen molar-refractivity contribution in [2.75, 3.05) is 0 Å². The van der Waals surface area contributed by atoms with E-state index in [1.54, 1.807) is 0 Å². The summed E-state index contributed by atoms with van der Waals surface area (Å²) in [4.78, 5) is 0. The van der Waals surface area contributed by atoms with Crippen LogP contribution < -0.4 is 0 Å². The van der Waals surface area contributed by atoms with E-state index >= 15 is 0 Å². The lowest BCUT2D eigenvalue weighted by molar-refractivity contribution is 0.301. The van der Waals surface area contributed by atoms with Crippen LogP contribution in [0.1, 0.15) is 51.4 Å². The van der Waals surface area contributed by atoms with Gasteiger partial charge in [0.25, 0.3) is 0 Å². The minimum absolute atomic E-state index is 0.420. The Balaban J connectivity index is 1.88. The monoisotopic (exact) mass is 232 g/mol. The van der Waals surface area contributed by atoms with Gasteiger partial charge in [-0.2, -0.15) is 0 Å². The van der Waals surface area contributed by atoms with Crippen LogP contribution in [0.2, 0.25) is 0 Å². The summed E-state index contributed by atoms with van der Waals surface area (Å²) in [5.41, 5.74) is 0.947. The number of hydrogen-bond donors (Lipinski definition) is 0. The quantitative estimate of drug-likeness (QED) is 0.546. The molecule has 2 unspecified atom stereocenters. The average molecular weight is 233 g/mol. The Labute approximate surface area is 96.3 Å². The van der Waals surface area contributed by atoms with Crippen molar-refractivity contribution >= 4 is 23.2 Å². The van der Waals surface area contributed by atoms with Crippen LogP contribution in [0, 0.1) is 10.8 Å². The number of rotatable bonds is 0. The standard InChI is InChI=1S/C12H18Cl2/c13-9-7-11-5-3-1-2-4-6-12(11,8-9)10(11)14/h9-10H,1-8H2/t9?,10?,11-,12+. The molecule has 80 valence electrons. The van der Waals surface area contributed by atoms with Crippen LogP contribution in [0.4, 0.5) is 0 Å². The van der Waals surface area contributed by atoms with Gasteiger partial charge in [0.2, 0.25) is 0 Å². The molecule has 14 heavy (non-hydrogen) atoms. The molecule has 3 fully saturated rings. The van der Waals surface area contributed by atoms with Gasteiger partial charge >= 0.3 is 0 Å². The maximum Gasteiger partial charge on any atom is 0.0461 e. The SMILES string of the molecule is ClC1C[C@]23CCCCCC[C@@]2(C1)C3Cl. The molecule has 0 amide bonds. The molecule has 0 radical (unpaired) electrons. The zero-order valence-corrected chi connectivity index (χ0v) is 10.1. The summed E-state index contributed by atoms with van der Waals surface area (Å²) in [5.74, 6) is 0. The van der Waals surface area contributed by atoms with Crippen LogP contribution >= 0.6 is 23.2 Å². The van der Waals surface area contributed by atoms with Gasteiger partial charge in [-0.25, -0.2) is 0 Å². The first-order valence-corrected chi connectivity index (χ1v) is 6.87. The van der Waals surface area contributed by atoms with E-state index in [1.165, 1.54) is 51.4 Å². The van der Waals surface area contributed by atoms with Gasteiger partial charge in [-0.3, -0.25) is 0 Å². The smallest absolute Gasteiger partial charge is 0.0461 e. The van der Waals surface area contributed by atoms with Crippen molar-refractivity contribution in [1.29, 1.82) is 0 Å². The predicted molar refractivity (Wildman–Crippen MR) is 61.1 cm³/mol. The lowest BCUT2D eigenvalue weighted by Crippen LogP contribution is -2.09. The Morgan fingerprint density at radius 1 is 0.786 bits per heavy atom. The van der Waals surface area contributed by atoms with Crippen LogP contribution in [-0.2, 0) is 0 Å². The van der Waals surface area contributed by atoms with Crippen LogP contribution in [-0.4, -0.2) is 10.8 Å².